The molecule has 4 rings (SSSR count). The van der Waals surface area contributed by atoms with Crippen LogP contribution in [0, 0.1) is 0 Å². The summed E-state index contributed by atoms with van der Waals surface area (Å²) in [5, 5.41) is 9.01. The van der Waals surface area contributed by atoms with Gasteiger partial charge in [-0.15, -0.1) is 10.2 Å². The van der Waals surface area contributed by atoms with E-state index in [9.17, 15) is 4.79 Å². The summed E-state index contributed by atoms with van der Waals surface area (Å²) in [6.45, 7) is 4.91. The van der Waals surface area contributed by atoms with Crippen LogP contribution >= 0.6 is 11.6 Å². The van der Waals surface area contributed by atoms with Gasteiger partial charge < -0.3 is 9.32 Å². The van der Waals surface area contributed by atoms with Crippen LogP contribution in [0.1, 0.15) is 29.2 Å². The Morgan fingerprint density at radius 2 is 1.79 bits per heavy atom. The topological polar surface area (TPSA) is 62.5 Å². The number of hydrogen-bond acceptors (Lipinski definition) is 5. The molecule has 7 heteroatoms. The van der Waals surface area contributed by atoms with Crippen LogP contribution in [0.5, 0.6) is 0 Å². The van der Waals surface area contributed by atoms with Crippen LogP contribution in [-0.2, 0) is 0 Å². The minimum Gasteiger partial charge on any atom is -0.419 e. The van der Waals surface area contributed by atoms with Gasteiger partial charge in [-0.2, -0.15) is 0 Å². The van der Waals surface area contributed by atoms with E-state index in [1.165, 1.54) is 0 Å². The van der Waals surface area contributed by atoms with Crippen molar-refractivity contribution in [1.82, 2.24) is 20.0 Å². The second-order valence-electron chi connectivity index (χ2n) is 6.83. The van der Waals surface area contributed by atoms with E-state index in [2.05, 4.69) is 15.1 Å². The summed E-state index contributed by atoms with van der Waals surface area (Å²) in [6.07, 6.45) is 0. The molecule has 0 N–H and O–H groups in total. The standard InChI is InChI=1S/C21H21ClN4O2/c1-15(19-23-24-20(28-19)17-8-5-9-18(22)14-17)25-10-12-26(13-11-25)21(27)16-6-3-2-4-7-16/h2-9,14-15H,10-13H2,1H3/t15-/m0/s1. The van der Waals surface area contributed by atoms with Crippen molar-refractivity contribution in [2.24, 2.45) is 0 Å². The zero-order valence-corrected chi connectivity index (χ0v) is 16.3. The van der Waals surface area contributed by atoms with Crippen LogP contribution in [0.2, 0.25) is 5.02 Å². The van der Waals surface area contributed by atoms with Crippen molar-refractivity contribution in [3.63, 3.8) is 0 Å². The number of carbonyl (C=O) groups excluding carboxylic acids is 1. The molecule has 2 aromatic carbocycles. The molecular weight excluding hydrogens is 376 g/mol. The van der Waals surface area contributed by atoms with Gasteiger partial charge in [0.15, 0.2) is 0 Å². The number of piperazine rings is 1. The van der Waals surface area contributed by atoms with Crippen molar-refractivity contribution in [2.45, 2.75) is 13.0 Å². The normalized spacial score (nSPS) is 16.1. The van der Waals surface area contributed by atoms with Crippen LogP contribution in [0.15, 0.2) is 59.0 Å². The van der Waals surface area contributed by atoms with E-state index in [0.717, 1.165) is 24.2 Å². The minimum atomic E-state index is -0.0191. The minimum absolute atomic E-state index is 0.0191. The molecule has 0 aliphatic carbocycles. The van der Waals surface area contributed by atoms with E-state index in [-0.39, 0.29) is 11.9 Å². The van der Waals surface area contributed by atoms with E-state index < -0.39 is 0 Å². The van der Waals surface area contributed by atoms with Crippen LogP contribution in [0.4, 0.5) is 0 Å². The molecule has 1 atom stereocenters. The molecule has 6 nitrogen and oxygen atoms in total. The third-order valence-corrected chi connectivity index (χ3v) is 5.27. The van der Waals surface area contributed by atoms with Crippen LogP contribution < -0.4 is 0 Å². The third-order valence-electron chi connectivity index (χ3n) is 5.04. The quantitative estimate of drug-likeness (QED) is 0.669. The fourth-order valence-corrected chi connectivity index (χ4v) is 3.56. The van der Waals surface area contributed by atoms with Gasteiger partial charge >= 0.3 is 0 Å². The largest absolute Gasteiger partial charge is 0.419 e. The number of aromatic nitrogens is 2. The lowest BCUT2D eigenvalue weighted by Crippen LogP contribution is -2.49. The molecule has 1 amide bonds. The van der Waals surface area contributed by atoms with Gasteiger partial charge in [-0.05, 0) is 37.3 Å². The molecule has 1 saturated heterocycles. The van der Waals surface area contributed by atoms with Crippen molar-refractivity contribution in [3.8, 4) is 11.5 Å². The molecule has 2 heterocycles. The Bertz CT molecular complexity index is 952. The average Bonchev–Trinajstić information content (AvgIpc) is 3.24. The molecule has 0 unspecified atom stereocenters. The molecular formula is C21H21ClN4O2. The van der Waals surface area contributed by atoms with Gasteiger partial charge in [0.05, 0.1) is 6.04 Å². The first kappa shape index (κ1) is 18.7. The van der Waals surface area contributed by atoms with Gasteiger partial charge in [0.1, 0.15) is 0 Å². The van der Waals surface area contributed by atoms with Crippen LogP contribution in [-0.4, -0.2) is 52.1 Å². The van der Waals surface area contributed by atoms with Crippen molar-refractivity contribution in [3.05, 3.63) is 71.1 Å². The van der Waals surface area contributed by atoms with E-state index in [0.29, 0.717) is 29.9 Å². The summed E-state index contributed by atoms with van der Waals surface area (Å²) in [4.78, 5) is 16.7. The Hall–Kier alpha value is -2.70. The Balaban J connectivity index is 1.39. The first-order valence-electron chi connectivity index (χ1n) is 9.29. The number of hydrogen-bond donors (Lipinski definition) is 0. The van der Waals surface area contributed by atoms with E-state index in [4.69, 9.17) is 16.0 Å². The summed E-state index contributed by atoms with van der Waals surface area (Å²) in [7, 11) is 0. The monoisotopic (exact) mass is 396 g/mol. The highest BCUT2D eigenvalue weighted by atomic mass is 35.5. The highest BCUT2D eigenvalue weighted by Crippen LogP contribution is 2.26. The Morgan fingerprint density at radius 3 is 2.50 bits per heavy atom. The van der Waals surface area contributed by atoms with Crippen molar-refractivity contribution in [1.29, 1.82) is 0 Å². The van der Waals surface area contributed by atoms with E-state index >= 15 is 0 Å². The number of rotatable bonds is 4. The predicted octanol–water partition coefficient (Wildman–Crippen LogP) is 3.91. The SMILES string of the molecule is C[C@@H](c1nnc(-c2cccc(Cl)c2)o1)N1CCN(C(=O)c2ccccc2)CC1. The second-order valence-corrected chi connectivity index (χ2v) is 7.26. The molecule has 28 heavy (non-hydrogen) atoms. The first-order valence-corrected chi connectivity index (χ1v) is 9.67. The summed E-state index contributed by atoms with van der Waals surface area (Å²) in [5.41, 5.74) is 1.53. The lowest BCUT2D eigenvalue weighted by Gasteiger charge is -2.36. The van der Waals surface area contributed by atoms with Gasteiger partial charge in [0.25, 0.3) is 5.91 Å². The molecule has 1 aliphatic heterocycles. The van der Waals surface area contributed by atoms with Crippen LogP contribution in [0.25, 0.3) is 11.5 Å². The summed E-state index contributed by atoms with van der Waals surface area (Å²) >= 11 is 6.04. The molecule has 0 radical (unpaired) electrons. The number of nitrogens with zero attached hydrogens (tertiary/aromatic N) is 4. The highest BCUT2D eigenvalue weighted by Gasteiger charge is 2.28. The third kappa shape index (κ3) is 3.93. The first-order chi connectivity index (χ1) is 13.6. The van der Waals surface area contributed by atoms with E-state index in [1.54, 1.807) is 12.1 Å². The molecule has 0 saturated carbocycles. The second kappa shape index (κ2) is 8.12. The number of amides is 1. The van der Waals surface area contributed by atoms with Crippen molar-refractivity contribution < 1.29 is 9.21 Å². The lowest BCUT2D eigenvalue weighted by molar-refractivity contribution is 0.0559. The van der Waals surface area contributed by atoms with Crippen LogP contribution in [0.3, 0.4) is 0 Å². The summed E-state index contributed by atoms with van der Waals surface area (Å²) in [6, 6.07) is 16.7. The number of benzene rings is 2. The molecule has 144 valence electrons. The van der Waals surface area contributed by atoms with Gasteiger partial charge in [-0.1, -0.05) is 35.9 Å². The molecule has 1 fully saturated rings. The molecule has 0 spiro atoms. The summed E-state index contributed by atoms with van der Waals surface area (Å²) < 4.78 is 5.88. The Kier molecular flexibility index (Phi) is 5.41. The van der Waals surface area contributed by atoms with Gasteiger partial charge in [-0.25, -0.2) is 0 Å². The van der Waals surface area contributed by atoms with E-state index in [1.807, 2.05) is 54.3 Å². The molecule has 1 aromatic heterocycles. The maximum Gasteiger partial charge on any atom is 0.253 e. The molecule has 3 aromatic rings. The van der Waals surface area contributed by atoms with Crippen molar-refractivity contribution in [2.75, 3.05) is 26.2 Å². The average molecular weight is 397 g/mol. The fraction of sp³-hybridized carbons (Fsp3) is 0.286. The van der Waals surface area contributed by atoms with Crippen molar-refractivity contribution >= 4 is 17.5 Å². The number of halogens is 1. The van der Waals surface area contributed by atoms with Gasteiger partial charge in [0, 0.05) is 42.3 Å². The maximum absolute atomic E-state index is 12.6. The molecule has 0 bridgehead atoms. The molecule has 1 aliphatic rings. The highest BCUT2D eigenvalue weighted by molar-refractivity contribution is 6.30. The smallest absolute Gasteiger partial charge is 0.253 e. The predicted molar refractivity (Wildman–Crippen MR) is 107 cm³/mol. The van der Waals surface area contributed by atoms with Gasteiger partial charge in [-0.3, -0.25) is 9.69 Å². The lowest BCUT2D eigenvalue weighted by atomic mass is 10.1. The van der Waals surface area contributed by atoms with Gasteiger partial charge in [0.2, 0.25) is 11.8 Å². The fourth-order valence-electron chi connectivity index (χ4n) is 3.37. The summed E-state index contributed by atoms with van der Waals surface area (Å²) in [5.74, 6) is 1.11. The zero-order chi connectivity index (χ0) is 19.5. The Labute approximate surface area is 168 Å². The number of carbonyl (C=O) groups is 1. The zero-order valence-electron chi connectivity index (χ0n) is 15.6. The maximum atomic E-state index is 12.6. The Morgan fingerprint density at radius 1 is 1.04 bits per heavy atom.